The molecule has 0 saturated carbocycles. The zero-order valence-corrected chi connectivity index (χ0v) is 12.9. The van der Waals surface area contributed by atoms with Gasteiger partial charge in [0.25, 0.3) is 5.91 Å². The van der Waals surface area contributed by atoms with Crippen LogP contribution in [0, 0.1) is 0 Å². The molecule has 1 fully saturated rings. The van der Waals surface area contributed by atoms with Crippen LogP contribution in [0.4, 0.5) is 5.69 Å². The number of rotatable bonds is 2. The molecule has 20 heavy (non-hydrogen) atoms. The quantitative estimate of drug-likeness (QED) is 0.912. The highest BCUT2D eigenvalue weighted by Crippen LogP contribution is 2.29. The maximum absolute atomic E-state index is 12.7. The SMILES string of the molecule is CCC1(C)NC(=O)CCN(c2cc(Cl)cc(Cl)c2)C1=O. The monoisotopic (exact) mass is 314 g/mol. The largest absolute Gasteiger partial charge is 0.342 e. The van der Waals surface area contributed by atoms with E-state index in [1.807, 2.05) is 6.92 Å². The molecule has 2 rings (SSSR count). The molecule has 1 saturated heterocycles. The molecule has 1 aliphatic heterocycles. The van der Waals surface area contributed by atoms with Crippen LogP contribution in [0.15, 0.2) is 18.2 Å². The van der Waals surface area contributed by atoms with Gasteiger partial charge >= 0.3 is 0 Å². The molecular weight excluding hydrogens is 299 g/mol. The molecule has 108 valence electrons. The summed E-state index contributed by atoms with van der Waals surface area (Å²) in [6.07, 6.45) is 0.772. The summed E-state index contributed by atoms with van der Waals surface area (Å²) in [7, 11) is 0. The molecule has 1 N–H and O–H groups in total. The number of anilines is 1. The summed E-state index contributed by atoms with van der Waals surface area (Å²) < 4.78 is 0. The van der Waals surface area contributed by atoms with Gasteiger partial charge in [0.1, 0.15) is 5.54 Å². The van der Waals surface area contributed by atoms with Crippen LogP contribution in [0.25, 0.3) is 0 Å². The highest BCUT2D eigenvalue weighted by Gasteiger charge is 2.39. The first kappa shape index (κ1) is 15.1. The molecule has 1 heterocycles. The van der Waals surface area contributed by atoms with Crippen molar-refractivity contribution in [2.24, 2.45) is 0 Å². The molecule has 0 aromatic heterocycles. The Bertz CT molecular complexity index is 542. The predicted molar refractivity (Wildman–Crippen MR) is 80.3 cm³/mol. The highest BCUT2D eigenvalue weighted by atomic mass is 35.5. The normalized spacial score (nSPS) is 23.5. The molecule has 1 aromatic rings. The van der Waals surface area contributed by atoms with Crippen LogP contribution in [0.2, 0.25) is 10.0 Å². The maximum Gasteiger partial charge on any atom is 0.252 e. The van der Waals surface area contributed by atoms with Crippen molar-refractivity contribution in [2.75, 3.05) is 11.4 Å². The van der Waals surface area contributed by atoms with Gasteiger partial charge in [-0.2, -0.15) is 0 Å². The molecular formula is C14H16Cl2N2O2. The molecule has 2 amide bonds. The number of nitrogens with one attached hydrogen (secondary N) is 1. The zero-order chi connectivity index (χ0) is 14.9. The van der Waals surface area contributed by atoms with E-state index in [0.717, 1.165) is 0 Å². The third kappa shape index (κ3) is 2.91. The lowest BCUT2D eigenvalue weighted by molar-refractivity contribution is -0.129. The van der Waals surface area contributed by atoms with E-state index in [-0.39, 0.29) is 18.2 Å². The molecule has 0 aliphatic carbocycles. The minimum Gasteiger partial charge on any atom is -0.342 e. The fourth-order valence-electron chi connectivity index (χ4n) is 2.22. The minimum absolute atomic E-state index is 0.127. The molecule has 0 radical (unpaired) electrons. The van der Waals surface area contributed by atoms with Crippen LogP contribution in [-0.2, 0) is 9.59 Å². The molecule has 1 atom stereocenters. The van der Waals surface area contributed by atoms with Crippen LogP contribution < -0.4 is 10.2 Å². The van der Waals surface area contributed by atoms with Crippen molar-refractivity contribution >= 4 is 40.7 Å². The van der Waals surface area contributed by atoms with Gasteiger partial charge in [-0.3, -0.25) is 9.59 Å². The second-order valence-corrected chi connectivity index (χ2v) is 5.94. The second-order valence-electron chi connectivity index (χ2n) is 5.07. The Morgan fingerprint density at radius 3 is 2.40 bits per heavy atom. The first-order valence-electron chi connectivity index (χ1n) is 6.45. The van der Waals surface area contributed by atoms with E-state index in [1.54, 1.807) is 30.0 Å². The van der Waals surface area contributed by atoms with E-state index in [2.05, 4.69) is 5.32 Å². The van der Waals surface area contributed by atoms with Gasteiger partial charge < -0.3 is 10.2 Å². The Kier molecular flexibility index (Phi) is 4.25. The summed E-state index contributed by atoms with van der Waals surface area (Å²) in [5.41, 5.74) is -0.286. The molecule has 0 spiro atoms. The first-order chi connectivity index (χ1) is 9.35. The lowest BCUT2D eigenvalue weighted by Gasteiger charge is -2.31. The maximum atomic E-state index is 12.7. The smallest absolute Gasteiger partial charge is 0.252 e. The summed E-state index contributed by atoms with van der Waals surface area (Å²) in [6.45, 7) is 3.92. The molecule has 4 nitrogen and oxygen atoms in total. The summed E-state index contributed by atoms with van der Waals surface area (Å²) >= 11 is 12.0. The summed E-state index contributed by atoms with van der Waals surface area (Å²) in [5, 5.41) is 3.71. The number of hydrogen-bond acceptors (Lipinski definition) is 2. The van der Waals surface area contributed by atoms with Gasteiger partial charge in [-0.1, -0.05) is 30.1 Å². The van der Waals surface area contributed by atoms with Gasteiger partial charge in [-0.15, -0.1) is 0 Å². The van der Waals surface area contributed by atoms with Crippen LogP contribution in [0.1, 0.15) is 26.7 Å². The Morgan fingerprint density at radius 2 is 1.85 bits per heavy atom. The van der Waals surface area contributed by atoms with Crippen molar-refractivity contribution in [3.63, 3.8) is 0 Å². The first-order valence-corrected chi connectivity index (χ1v) is 7.20. The number of carbonyl (C=O) groups is 2. The van der Waals surface area contributed by atoms with Crippen LogP contribution in [0.3, 0.4) is 0 Å². The van der Waals surface area contributed by atoms with E-state index in [4.69, 9.17) is 23.2 Å². The number of carbonyl (C=O) groups excluding carboxylic acids is 2. The summed E-state index contributed by atoms with van der Waals surface area (Å²) in [5.74, 6) is -0.275. The molecule has 1 unspecified atom stereocenters. The van der Waals surface area contributed by atoms with Crippen molar-refractivity contribution in [3.05, 3.63) is 28.2 Å². The van der Waals surface area contributed by atoms with Crippen molar-refractivity contribution in [3.8, 4) is 0 Å². The lowest BCUT2D eigenvalue weighted by atomic mass is 9.97. The standard InChI is InChI=1S/C14H16Cl2N2O2/c1-3-14(2)13(20)18(5-4-12(19)17-14)11-7-9(15)6-10(16)8-11/h6-8H,3-5H2,1-2H3,(H,17,19). The zero-order valence-electron chi connectivity index (χ0n) is 11.4. The van der Waals surface area contributed by atoms with E-state index < -0.39 is 5.54 Å². The van der Waals surface area contributed by atoms with Gasteiger partial charge in [0.2, 0.25) is 5.91 Å². The van der Waals surface area contributed by atoms with Crippen molar-refractivity contribution in [1.82, 2.24) is 5.32 Å². The molecule has 0 bridgehead atoms. The Hall–Kier alpha value is -1.26. The second kappa shape index (κ2) is 5.62. The fourth-order valence-corrected chi connectivity index (χ4v) is 2.73. The van der Waals surface area contributed by atoms with E-state index in [0.29, 0.717) is 28.7 Å². The van der Waals surface area contributed by atoms with E-state index >= 15 is 0 Å². The van der Waals surface area contributed by atoms with Gasteiger partial charge in [0.05, 0.1) is 0 Å². The van der Waals surface area contributed by atoms with Gasteiger partial charge in [-0.05, 0) is 31.5 Å². The molecule has 1 aromatic carbocycles. The minimum atomic E-state index is -0.900. The average Bonchev–Trinajstić information content (AvgIpc) is 2.47. The third-order valence-electron chi connectivity index (χ3n) is 3.56. The van der Waals surface area contributed by atoms with E-state index in [9.17, 15) is 9.59 Å². The van der Waals surface area contributed by atoms with Gasteiger partial charge in [-0.25, -0.2) is 0 Å². The van der Waals surface area contributed by atoms with Gasteiger partial charge in [0.15, 0.2) is 0 Å². The topological polar surface area (TPSA) is 49.4 Å². The fraction of sp³-hybridized carbons (Fsp3) is 0.429. The van der Waals surface area contributed by atoms with Crippen molar-refractivity contribution < 1.29 is 9.59 Å². The van der Waals surface area contributed by atoms with E-state index in [1.165, 1.54) is 0 Å². The molecule has 1 aliphatic rings. The van der Waals surface area contributed by atoms with Gasteiger partial charge in [0, 0.05) is 28.7 Å². The number of halogens is 2. The lowest BCUT2D eigenvalue weighted by Crippen LogP contribution is -2.54. The number of amides is 2. The Balaban J connectivity index is 2.43. The summed E-state index contributed by atoms with van der Waals surface area (Å²) in [4.78, 5) is 26.0. The Labute approximate surface area is 128 Å². The van der Waals surface area contributed by atoms with Crippen LogP contribution >= 0.6 is 23.2 Å². The highest BCUT2D eigenvalue weighted by molar-refractivity contribution is 6.35. The average molecular weight is 315 g/mol. The van der Waals surface area contributed by atoms with Crippen molar-refractivity contribution in [2.45, 2.75) is 32.2 Å². The van der Waals surface area contributed by atoms with Crippen LogP contribution in [0.5, 0.6) is 0 Å². The number of hydrogen-bond donors (Lipinski definition) is 1. The predicted octanol–water partition coefficient (Wildman–Crippen LogP) is 3.02. The third-order valence-corrected chi connectivity index (χ3v) is 4.00. The Morgan fingerprint density at radius 1 is 1.25 bits per heavy atom. The number of benzene rings is 1. The van der Waals surface area contributed by atoms with Crippen molar-refractivity contribution in [1.29, 1.82) is 0 Å². The summed E-state index contributed by atoms with van der Waals surface area (Å²) in [6, 6.07) is 4.96. The number of nitrogens with zero attached hydrogens (tertiary/aromatic N) is 1. The molecule has 6 heteroatoms. The van der Waals surface area contributed by atoms with Crippen LogP contribution in [-0.4, -0.2) is 23.9 Å².